The smallest absolute Gasteiger partial charge is 0.408 e. The Morgan fingerprint density at radius 1 is 0.784 bits per heavy atom. The number of amides is 1. The third kappa shape index (κ3) is 14.5. The molecule has 0 bridgehead atoms. The molecule has 0 aliphatic rings. The second-order valence-electron chi connectivity index (χ2n) is 12.2. The number of alkyl carbamates (subject to hydrolysis) is 1. The quantitative estimate of drug-likeness (QED) is 0.217. The highest BCUT2D eigenvalue weighted by Crippen LogP contribution is 2.23. The van der Waals surface area contributed by atoms with Crippen LogP contribution in [0.15, 0.2) is 24.3 Å². The Morgan fingerprint density at radius 3 is 1.78 bits per heavy atom. The zero-order valence-corrected chi connectivity index (χ0v) is 24.4. The third-order valence-corrected chi connectivity index (χ3v) is 4.94. The molecule has 8 nitrogen and oxygen atoms in total. The number of hydrogen-bond acceptors (Lipinski definition) is 7. The number of hydrogen-bond donors (Lipinski definition) is 1. The summed E-state index contributed by atoms with van der Waals surface area (Å²) in [4.78, 5) is 38.6. The highest BCUT2D eigenvalue weighted by molar-refractivity contribution is 5.83. The maximum atomic E-state index is 13.1. The number of carbonyl (C=O) groups excluding carboxylic acids is 3. The van der Waals surface area contributed by atoms with Gasteiger partial charge in [-0.25, -0.2) is 9.59 Å². The number of ether oxygens (including phenoxy) is 4. The first kappa shape index (κ1) is 32.3. The lowest BCUT2D eigenvalue weighted by Crippen LogP contribution is -2.47. The van der Waals surface area contributed by atoms with Crippen molar-refractivity contribution in [1.29, 1.82) is 0 Å². The summed E-state index contributed by atoms with van der Waals surface area (Å²) in [6, 6.07) is 6.80. The molecule has 0 fully saturated rings. The van der Waals surface area contributed by atoms with Crippen LogP contribution in [0.25, 0.3) is 0 Å². The van der Waals surface area contributed by atoms with E-state index >= 15 is 0 Å². The van der Waals surface area contributed by atoms with Crippen LogP contribution in [0.5, 0.6) is 5.75 Å². The van der Waals surface area contributed by atoms with E-state index in [0.29, 0.717) is 19.4 Å². The fraction of sp³-hybridized carbons (Fsp3) is 0.690. The summed E-state index contributed by atoms with van der Waals surface area (Å²) in [5.74, 6) is -1.000. The predicted octanol–water partition coefficient (Wildman–Crippen LogP) is 5.99. The number of nitrogens with one attached hydrogen (secondary N) is 1. The van der Waals surface area contributed by atoms with Gasteiger partial charge in [0.05, 0.1) is 12.5 Å². The third-order valence-electron chi connectivity index (χ3n) is 4.94. The summed E-state index contributed by atoms with van der Waals surface area (Å²) in [6.07, 6.45) is 1.15. The topological polar surface area (TPSA) is 100 Å². The summed E-state index contributed by atoms with van der Waals surface area (Å²) in [7, 11) is 0. The summed E-state index contributed by atoms with van der Waals surface area (Å²) in [5.41, 5.74) is -0.997. The molecule has 1 N–H and O–H groups in total. The van der Waals surface area contributed by atoms with Crippen molar-refractivity contribution in [3.63, 3.8) is 0 Å². The highest BCUT2D eigenvalue weighted by atomic mass is 16.6. The van der Waals surface area contributed by atoms with E-state index in [1.165, 1.54) is 5.56 Å². The van der Waals surface area contributed by atoms with Gasteiger partial charge in [-0.15, -0.1) is 0 Å². The average molecular weight is 522 g/mol. The molecular weight excluding hydrogens is 474 g/mol. The lowest BCUT2D eigenvalue weighted by Gasteiger charge is -2.29. The molecule has 8 heteroatoms. The van der Waals surface area contributed by atoms with Gasteiger partial charge < -0.3 is 24.3 Å². The van der Waals surface area contributed by atoms with Gasteiger partial charge in [-0.05, 0) is 106 Å². The monoisotopic (exact) mass is 521 g/mol. The minimum Gasteiger partial charge on any atom is -0.494 e. The predicted molar refractivity (Wildman–Crippen MR) is 144 cm³/mol. The normalized spacial score (nSPS) is 13.8. The van der Waals surface area contributed by atoms with Gasteiger partial charge in [0.15, 0.2) is 0 Å². The van der Waals surface area contributed by atoms with Crippen molar-refractivity contribution in [2.45, 2.75) is 118 Å². The molecule has 0 spiro atoms. The van der Waals surface area contributed by atoms with Crippen LogP contribution in [0.4, 0.5) is 4.79 Å². The van der Waals surface area contributed by atoms with Crippen molar-refractivity contribution in [3.8, 4) is 5.75 Å². The molecule has 1 aromatic carbocycles. The molecule has 0 aliphatic heterocycles. The molecule has 1 aromatic rings. The van der Waals surface area contributed by atoms with E-state index in [0.717, 1.165) is 12.2 Å². The van der Waals surface area contributed by atoms with E-state index in [9.17, 15) is 14.4 Å². The Morgan fingerprint density at radius 2 is 1.30 bits per heavy atom. The largest absolute Gasteiger partial charge is 0.494 e. The molecule has 0 heterocycles. The number of aryl methyl sites for hydroxylation is 1. The van der Waals surface area contributed by atoms with Gasteiger partial charge in [0.1, 0.15) is 28.6 Å². The van der Waals surface area contributed by atoms with E-state index in [2.05, 4.69) is 12.2 Å². The van der Waals surface area contributed by atoms with Crippen LogP contribution >= 0.6 is 0 Å². The van der Waals surface area contributed by atoms with E-state index in [4.69, 9.17) is 18.9 Å². The number of carbonyl (C=O) groups is 3. The molecule has 210 valence electrons. The lowest BCUT2D eigenvalue weighted by atomic mass is 9.94. The number of rotatable bonds is 11. The van der Waals surface area contributed by atoms with Crippen LogP contribution < -0.4 is 10.1 Å². The minimum absolute atomic E-state index is 0.00820. The highest BCUT2D eigenvalue weighted by Gasteiger charge is 2.34. The molecule has 0 saturated carbocycles. The summed E-state index contributed by atoms with van der Waals surface area (Å²) in [6.45, 7) is 18.3. The second kappa shape index (κ2) is 13.7. The van der Waals surface area contributed by atoms with Crippen molar-refractivity contribution in [2.75, 3.05) is 6.61 Å². The van der Waals surface area contributed by atoms with Gasteiger partial charge in [0, 0.05) is 0 Å². The molecule has 1 rings (SSSR count). The average Bonchev–Trinajstić information content (AvgIpc) is 2.71. The summed E-state index contributed by atoms with van der Waals surface area (Å²) >= 11 is 0. The van der Waals surface area contributed by atoms with Gasteiger partial charge in [-0.1, -0.05) is 19.1 Å². The Bertz CT molecular complexity index is 873. The number of benzene rings is 1. The van der Waals surface area contributed by atoms with Crippen molar-refractivity contribution in [3.05, 3.63) is 29.8 Å². The zero-order valence-electron chi connectivity index (χ0n) is 24.4. The molecule has 37 heavy (non-hydrogen) atoms. The van der Waals surface area contributed by atoms with Gasteiger partial charge in [-0.3, -0.25) is 4.79 Å². The van der Waals surface area contributed by atoms with E-state index < -0.39 is 46.8 Å². The molecule has 2 atom stereocenters. The molecule has 2 unspecified atom stereocenters. The minimum atomic E-state index is -1.09. The summed E-state index contributed by atoms with van der Waals surface area (Å²) in [5, 5.41) is 2.60. The van der Waals surface area contributed by atoms with Crippen molar-refractivity contribution in [1.82, 2.24) is 5.32 Å². The maximum Gasteiger partial charge on any atom is 0.408 e. The lowest BCUT2D eigenvalue weighted by molar-refractivity contribution is -0.163. The molecule has 0 aromatic heterocycles. The molecule has 1 amide bonds. The van der Waals surface area contributed by atoms with E-state index in [-0.39, 0.29) is 6.42 Å². The van der Waals surface area contributed by atoms with Gasteiger partial charge in [-0.2, -0.15) is 0 Å². The molecule has 0 radical (unpaired) electrons. The van der Waals surface area contributed by atoms with Gasteiger partial charge >= 0.3 is 18.0 Å². The zero-order chi connectivity index (χ0) is 28.4. The SMILES string of the molecule is CCc1ccc(OCCCC(CC(NC(=O)OC(C)(C)C)C(=O)OC(C)(C)C)C(=O)OC(C)(C)C)cc1. The molecular formula is C29H47NO7. The Balaban J connectivity index is 2.99. The van der Waals surface area contributed by atoms with E-state index in [1.54, 1.807) is 62.3 Å². The Hall–Kier alpha value is -2.77. The van der Waals surface area contributed by atoms with Crippen molar-refractivity contribution < 1.29 is 33.3 Å². The first-order chi connectivity index (χ1) is 16.9. The Kier molecular flexibility index (Phi) is 11.9. The second-order valence-corrected chi connectivity index (χ2v) is 12.2. The first-order valence-corrected chi connectivity index (χ1v) is 13.1. The van der Waals surface area contributed by atoms with Crippen LogP contribution in [0.3, 0.4) is 0 Å². The van der Waals surface area contributed by atoms with Crippen molar-refractivity contribution >= 4 is 18.0 Å². The van der Waals surface area contributed by atoms with Crippen LogP contribution in [-0.2, 0) is 30.2 Å². The maximum absolute atomic E-state index is 13.1. The van der Waals surface area contributed by atoms with Gasteiger partial charge in [0.25, 0.3) is 0 Å². The molecule has 0 saturated heterocycles. The summed E-state index contributed by atoms with van der Waals surface area (Å²) < 4.78 is 22.3. The fourth-order valence-electron chi connectivity index (χ4n) is 3.38. The molecule has 0 aliphatic carbocycles. The van der Waals surface area contributed by atoms with Crippen LogP contribution in [-0.4, -0.2) is 47.5 Å². The fourth-order valence-corrected chi connectivity index (χ4v) is 3.38. The number of esters is 2. The van der Waals surface area contributed by atoms with Crippen LogP contribution in [0.1, 0.15) is 94.1 Å². The van der Waals surface area contributed by atoms with Crippen LogP contribution in [0.2, 0.25) is 0 Å². The standard InChI is InChI=1S/C29H47NO7/c1-11-20-14-16-22(17-15-20)34-18-12-13-21(24(31)35-27(2,3)4)19-23(25(32)36-28(5,6)7)30-26(33)37-29(8,9)10/h14-17,21,23H,11-13,18-19H2,1-10H3,(H,30,33). The van der Waals surface area contributed by atoms with Gasteiger partial charge in [0.2, 0.25) is 0 Å². The van der Waals surface area contributed by atoms with E-state index in [1.807, 2.05) is 24.3 Å². The van der Waals surface area contributed by atoms with Crippen LogP contribution in [0, 0.1) is 5.92 Å². The first-order valence-electron chi connectivity index (χ1n) is 13.1. The Labute approximate surface area is 222 Å². The van der Waals surface area contributed by atoms with Crippen molar-refractivity contribution in [2.24, 2.45) is 5.92 Å².